The minimum Gasteiger partial charge on any atom is -0.497 e. The number of rotatable bonds is 10. The highest BCUT2D eigenvalue weighted by atomic mass is 16.5. The number of hydrogen-bond acceptors (Lipinski definition) is 6. The molecular formula is C30H34N4O4. The molecule has 1 aliphatic heterocycles. The number of carbonyl (C=O) groups is 1. The van der Waals surface area contributed by atoms with Crippen molar-refractivity contribution >= 4 is 22.6 Å². The highest BCUT2D eigenvalue weighted by Crippen LogP contribution is 2.29. The number of anilines is 1. The fourth-order valence-electron chi connectivity index (χ4n) is 4.98. The predicted octanol–water partition coefficient (Wildman–Crippen LogP) is 4.98. The Bertz CT molecular complexity index is 1360. The van der Waals surface area contributed by atoms with Gasteiger partial charge in [0, 0.05) is 12.6 Å². The lowest BCUT2D eigenvalue weighted by molar-refractivity contribution is -0.117. The van der Waals surface area contributed by atoms with Crippen LogP contribution in [-0.2, 0) is 17.9 Å². The van der Waals surface area contributed by atoms with Crippen LogP contribution in [0.2, 0.25) is 0 Å². The van der Waals surface area contributed by atoms with Crippen LogP contribution >= 0.6 is 0 Å². The molecular weight excluding hydrogens is 480 g/mol. The number of aromatic nitrogens is 2. The number of fused-ring (bicyclic) bond motifs is 1. The Labute approximate surface area is 223 Å². The van der Waals surface area contributed by atoms with E-state index in [4.69, 9.17) is 19.2 Å². The van der Waals surface area contributed by atoms with Crippen LogP contribution in [0.3, 0.4) is 0 Å². The van der Waals surface area contributed by atoms with E-state index < -0.39 is 0 Å². The highest BCUT2D eigenvalue weighted by molar-refractivity contribution is 5.93. The van der Waals surface area contributed by atoms with Crippen LogP contribution in [0.5, 0.6) is 17.2 Å². The van der Waals surface area contributed by atoms with Crippen molar-refractivity contribution in [3.05, 3.63) is 78.6 Å². The van der Waals surface area contributed by atoms with Crippen molar-refractivity contribution in [1.82, 2.24) is 14.5 Å². The number of benzene rings is 3. The monoisotopic (exact) mass is 514 g/mol. The van der Waals surface area contributed by atoms with E-state index in [0.717, 1.165) is 55.1 Å². The fraction of sp³-hybridized carbons (Fsp3) is 0.333. The van der Waals surface area contributed by atoms with E-state index >= 15 is 0 Å². The molecule has 1 aromatic heterocycles. The molecule has 1 N–H and O–H groups in total. The normalized spacial score (nSPS) is 14.4. The Morgan fingerprint density at radius 3 is 2.47 bits per heavy atom. The van der Waals surface area contributed by atoms with Crippen LogP contribution in [0.25, 0.3) is 11.0 Å². The number of hydrogen-bond donors (Lipinski definition) is 1. The summed E-state index contributed by atoms with van der Waals surface area (Å²) in [7, 11) is 3.18. The number of carbonyl (C=O) groups excluding carboxylic acids is 1. The number of amides is 1. The van der Waals surface area contributed by atoms with E-state index in [1.165, 1.54) is 0 Å². The van der Waals surface area contributed by atoms with Crippen molar-refractivity contribution < 1.29 is 19.0 Å². The van der Waals surface area contributed by atoms with Crippen molar-refractivity contribution in [2.24, 2.45) is 5.92 Å². The Balaban J connectivity index is 1.18. The van der Waals surface area contributed by atoms with E-state index in [1.807, 2.05) is 42.5 Å². The molecule has 1 aliphatic rings. The van der Waals surface area contributed by atoms with Gasteiger partial charge in [-0.05, 0) is 68.2 Å². The molecule has 8 heteroatoms. The lowest BCUT2D eigenvalue weighted by Gasteiger charge is -2.32. The molecule has 0 atom stereocenters. The van der Waals surface area contributed by atoms with E-state index in [0.29, 0.717) is 36.3 Å². The molecule has 0 saturated carbocycles. The van der Waals surface area contributed by atoms with Crippen molar-refractivity contribution in [2.45, 2.75) is 26.0 Å². The Hall–Kier alpha value is -4.04. The van der Waals surface area contributed by atoms with Gasteiger partial charge in [0.05, 0.1) is 37.5 Å². The van der Waals surface area contributed by atoms with Gasteiger partial charge in [-0.25, -0.2) is 4.98 Å². The summed E-state index contributed by atoms with van der Waals surface area (Å²) in [5.74, 6) is 3.49. The quantitative estimate of drug-likeness (QED) is 0.322. The maximum atomic E-state index is 12.8. The minimum absolute atomic E-state index is 0.0483. The van der Waals surface area contributed by atoms with Gasteiger partial charge in [-0.2, -0.15) is 0 Å². The number of piperidine rings is 1. The third kappa shape index (κ3) is 6.08. The van der Waals surface area contributed by atoms with Gasteiger partial charge in [-0.15, -0.1) is 0 Å². The Morgan fingerprint density at radius 1 is 0.947 bits per heavy atom. The predicted molar refractivity (Wildman–Crippen MR) is 148 cm³/mol. The highest BCUT2D eigenvalue weighted by Gasteiger charge is 2.23. The minimum atomic E-state index is -0.0483. The third-order valence-corrected chi connectivity index (χ3v) is 7.04. The molecule has 4 aromatic rings. The molecule has 198 valence electrons. The maximum absolute atomic E-state index is 12.8. The van der Waals surface area contributed by atoms with Crippen LogP contribution in [0.1, 0.15) is 18.7 Å². The second kappa shape index (κ2) is 12.0. The average molecular weight is 515 g/mol. The molecule has 8 nitrogen and oxygen atoms in total. The lowest BCUT2D eigenvalue weighted by atomic mass is 9.96. The number of methoxy groups -OCH3 is 2. The summed E-state index contributed by atoms with van der Waals surface area (Å²) in [4.78, 5) is 19.8. The zero-order valence-electron chi connectivity index (χ0n) is 21.9. The molecule has 2 heterocycles. The Kier molecular flexibility index (Phi) is 8.09. The number of para-hydroxylation sites is 3. The fourth-order valence-corrected chi connectivity index (χ4v) is 4.98. The summed E-state index contributed by atoms with van der Waals surface area (Å²) in [5, 5.41) is 2.98. The number of ether oxygens (including phenoxy) is 3. The first-order valence-corrected chi connectivity index (χ1v) is 13.0. The van der Waals surface area contributed by atoms with Gasteiger partial charge in [0.25, 0.3) is 0 Å². The summed E-state index contributed by atoms with van der Waals surface area (Å²) >= 11 is 0. The van der Waals surface area contributed by atoms with E-state index in [1.54, 1.807) is 26.4 Å². The molecule has 1 saturated heterocycles. The summed E-state index contributed by atoms with van der Waals surface area (Å²) in [6, 6.07) is 23.5. The largest absolute Gasteiger partial charge is 0.497 e. The Morgan fingerprint density at radius 2 is 1.71 bits per heavy atom. The standard InChI is InChI=1S/C30H34N4O4/c1-36-24-12-13-26(28(18-24)37-2)32-30(35)20-33-16-14-22(15-17-33)19-34-27-11-7-6-10-25(27)31-29(34)21-38-23-8-4-3-5-9-23/h3-13,18,22H,14-17,19-21H2,1-2H3,(H,32,35). The van der Waals surface area contributed by atoms with Crippen LogP contribution in [-0.4, -0.2) is 54.2 Å². The number of likely N-dealkylation sites (tertiary alicyclic amines) is 1. The lowest BCUT2D eigenvalue weighted by Crippen LogP contribution is -2.40. The van der Waals surface area contributed by atoms with Gasteiger partial charge < -0.3 is 24.1 Å². The van der Waals surface area contributed by atoms with Gasteiger partial charge in [-0.3, -0.25) is 9.69 Å². The van der Waals surface area contributed by atoms with Crippen molar-refractivity contribution in [2.75, 3.05) is 39.2 Å². The molecule has 0 radical (unpaired) electrons. The van der Waals surface area contributed by atoms with Crippen LogP contribution in [0, 0.1) is 5.92 Å². The maximum Gasteiger partial charge on any atom is 0.238 e. The van der Waals surface area contributed by atoms with Gasteiger partial charge in [0.15, 0.2) is 0 Å². The van der Waals surface area contributed by atoms with Crippen LogP contribution < -0.4 is 19.5 Å². The van der Waals surface area contributed by atoms with Gasteiger partial charge in [0.2, 0.25) is 5.91 Å². The van der Waals surface area contributed by atoms with E-state index in [9.17, 15) is 4.79 Å². The molecule has 0 bridgehead atoms. The molecule has 5 rings (SSSR count). The van der Waals surface area contributed by atoms with Gasteiger partial charge >= 0.3 is 0 Å². The summed E-state index contributed by atoms with van der Waals surface area (Å²) in [6.07, 6.45) is 2.04. The topological polar surface area (TPSA) is 77.9 Å². The second-order valence-corrected chi connectivity index (χ2v) is 9.56. The van der Waals surface area contributed by atoms with E-state index in [-0.39, 0.29) is 5.91 Å². The van der Waals surface area contributed by atoms with E-state index in [2.05, 4.69) is 33.0 Å². The van der Waals surface area contributed by atoms with Crippen LogP contribution in [0.4, 0.5) is 5.69 Å². The van der Waals surface area contributed by atoms with Gasteiger partial charge in [0.1, 0.15) is 29.7 Å². The first kappa shape index (κ1) is 25.6. The number of nitrogens with zero attached hydrogens (tertiary/aromatic N) is 3. The first-order chi connectivity index (χ1) is 18.6. The second-order valence-electron chi connectivity index (χ2n) is 9.56. The third-order valence-electron chi connectivity index (χ3n) is 7.04. The first-order valence-electron chi connectivity index (χ1n) is 13.0. The zero-order chi connectivity index (χ0) is 26.3. The van der Waals surface area contributed by atoms with Gasteiger partial charge in [-0.1, -0.05) is 30.3 Å². The average Bonchev–Trinajstić information content (AvgIpc) is 3.30. The molecule has 0 spiro atoms. The van der Waals surface area contributed by atoms with Crippen molar-refractivity contribution in [3.63, 3.8) is 0 Å². The molecule has 1 amide bonds. The summed E-state index contributed by atoms with van der Waals surface area (Å²) < 4.78 is 19.0. The molecule has 0 unspecified atom stereocenters. The van der Waals surface area contributed by atoms with Crippen molar-refractivity contribution in [1.29, 1.82) is 0 Å². The molecule has 0 aliphatic carbocycles. The molecule has 38 heavy (non-hydrogen) atoms. The molecule has 1 fully saturated rings. The number of imidazole rings is 1. The van der Waals surface area contributed by atoms with Crippen molar-refractivity contribution in [3.8, 4) is 17.2 Å². The molecule has 3 aromatic carbocycles. The summed E-state index contributed by atoms with van der Waals surface area (Å²) in [6.45, 7) is 3.41. The van der Waals surface area contributed by atoms with Crippen LogP contribution in [0.15, 0.2) is 72.8 Å². The number of nitrogens with one attached hydrogen (secondary N) is 1. The summed E-state index contributed by atoms with van der Waals surface area (Å²) in [5.41, 5.74) is 2.77. The zero-order valence-corrected chi connectivity index (χ0v) is 21.9. The SMILES string of the molecule is COc1ccc(NC(=O)CN2CCC(Cn3c(COc4ccccc4)nc4ccccc43)CC2)c(OC)c1. The smallest absolute Gasteiger partial charge is 0.238 e.